The van der Waals surface area contributed by atoms with Crippen molar-refractivity contribution in [1.29, 1.82) is 0 Å². The average molecular weight is 294 g/mol. The van der Waals surface area contributed by atoms with Crippen molar-refractivity contribution in [3.8, 4) is 0 Å². The lowest BCUT2D eigenvalue weighted by Gasteiger charge is -2.21. The van der Waals surface area contributed by atoms with Gasteiger partial charge in [0.1, 0.15) is 0 Å². The molecule has 0 bridgehead atoms. The predicted molar refractivity (Wildman–Crippen MR) is 92.8 cm³/mol. The Bertz CT molecular complexity index is 621. The summed E-state index contributed by atoms with van der Waals surface area (Å²) >= 11 is 0. The summed E-state index contributed by atoms with van der Waals surface area (Å²) in [7, 11) is 0. The molecule has 0 fully saturated rings. The van der Waals surface area contributed by atoms with E-state index in [4.69, 9.17) is 11.5 Å². The molecule has 2 nitrogen and oxygen atoms in total. The van der Waals surface area contributed by atoms with Gasteiger partial charge < -0.3 is 11.5 Å². The molecule has 2 aliphatic carbocycles. The van der Waals surface area contributed by atoms with Gasteiger partial charge in [-0.25, -0.2) is 0 Å². The SMILES string of the molecule is NC1CCCc2ccccc21.NC1CCc2ccccc2C1. The summed E-state index contributed by atoms with van der Waals surface area (Å²) in [5.74, 6) is 0. The van der Waals surface area contributed by atoms with E-state index < -0.39 is 0 Å². The summed E-state index contributed by atoms with van der Waals surface area (Å²) in [4.78, 5) is 0. The molecule has 0 aliphatic heterocycles. The Kier molecular flexibility index (Phi) is 4.91. The molecule has 116 valence electrons. The first-order chi connectivity index (χ1) is 10.7. The normalized spacial score (nSPS) is 22.8. The molecule has 22 heavy (non-hydrogen) atoms. The fraction of sp³-hybridized carbons (Fsp3) is 0.400. The monoisotopic (exact) mass is 294 g/mol. The van der Waals surface area contributed by atoms with Crippen LogP contribution >= 0.6 is 0 Å². The molecular weight excluding hydrogens is 268 g/mol. The zero-order chi connectivity index (χ0) is 15.4. The van der Waals surface area contributed by atoms with E-state index in [2.05, 4.69) is 48.5 Å². The van der Waals surface area contributed by atoms with Gasteiger partial charge in [-0.2, -0.15) is 0 Å². The molecule has 0 spiro atoms. The number of hydrogen-bond acceptors (Lipinski definition) is 2. The van der Waals surface area contributed by atoms with Gasteiger partial charge in [0.25, 0.3) is 0 Å². The quantitative estimate of drug-likeness (QED) is 0.781. The fourth-order valence-corrected chi connectivity index (χ4v) is 3.52. The summed E-state index contributed by atoms with van der Waals surface area (Å²) in [6, 6.07) is 17.8. The van der Waals surface area contributed by atoms with E-state index in [1.54, 1.807) is 0 Å². The minimum absolute atomic E-state index is 0.292. The predicted octanol–water partition coefficient (Wildman–Crippen LogP) is 3.53. The van der Waals surface area contributed by atoms with Gasteiger partial charge in [-0.05, 0) is 60.8 Å². The maximum atomic E-state index is 5.95. The van der Waals surface area contributed by atoms with Crippen LogP contribution in [0.3, 0.4) is 0 Å². The van der Waals surface area contributed by atoms with Gasteiger partial charge in [0.05, 0.1) is 0 Å². The van der Waals surface area contributed by atoms with Crippen LogP contribution in [0.1, 0.15) is 47.6 Å². The lowest BCUT2D eigenvalue weighted by molar-refractivity contribution is 0.570. The van der Waals surface area contributed by atoms with E-state index in [0.29, 0.717) is 12.1 Å². The van der Waals surface area contributed by atoms with Crippen LogP contribution in [0.5, 0.6) is 0 Å². The van der Waals surface area contributed by atoms with Crippen molar-refractivity contribution in [3.05, 3.63) is 70.8 Å². The number of hydrogen-bond donors (Lipinski definition) is 2. The summed E-state index contributed by atoms with van der Waals surface area (Å²) < 4.78 is 0. The molecule has 2 aromatic rings. The van der Waals surface area contributed by atoms with E-state index >= 15 is 0 Å². The highest BCUT2D eigenvalue weighted by Gasteiger charge is 2.15. The van der Waals surface area contributed by atoms with Gasteiger partial charge in [-0.15, -0.1) is 0 Å². The van der Waals surface area contributed by atoms with Gasteiger partial charge in [0.2, 0.25) is 0 Å². The van der Waals surface area contributed by atoms with Crippen LogP contribution in [0.2, 0.25) is 0 Å². The largest absolute Gasteiger partial charge is 0.327 e. The van der Waals surface area contributed by atoms with Crippen LogP contribution in [0.4, 0.5) is 0 Å². The molecule has 0 heterocycles. The van der Waals surface area contributed by atoms with Crippen molar-refractivity contribution in [2.45, 2.75) is 50.6 Å². The minimum atomic E-state index is 0.292. The van der Waals surface area contributed by atoms with E-state index in [-0.39, 0.29) is 0 Å². The second kappa shape index (κ2) is 7.08. The Balaban J connectivity index is 0.000000131. The Hall–Kier alpha value is -1.64. The fourth-order valence-electron chi connectivity index (χ4n) is 3.52. The number of rotatable bonds is 0. The van der Waals surface area contributed by atoms with E-state index in [1.165, 1.54) is 35.1 Å². The molecule has 4 N–H and O–H groups in total. The molecule has 4 rings (SSSR count). The number of nitrogens with two attached hydrogens (primary N) is 2. The first-order valence-corrected chi connectivity index (χ1v) is 8.40. The first-order valence-electron chi connectivity index (χ1n) is 8.40. The first kappa shape index (κ1) is 15.3. The van der Waals surface area contributed by atoms with Crippen LogP contribution in [0, 0.1) is 0 Å². The Labute approximate surface area is 133 Å². The van der Waals surface area contributed by atoms with Crippen molar-refractivity contribution in [2.75, 3.05) is 0 Å². The molecule has 2 aliphatic rings. The van der Waals surface area contributed by atoms with Crippen molar-refractivity contribution in [1.82, 2.24) is 0 Å². The zero-order valence-corrected chi connectivity index (χ0v) is 13.2. The zero-order valence-electron chi connectivity index (χ0n) is 13.2. The molecule has 0 aromatic heterocycles. The van der Waals surface area contributed by atoms with Crippen LogP contribution in [0.25, 0.3) is 0 Å². The summed E-state index contributed by atoms with van der Waals surface area (Å²) in [5.41, 5.74) is 17.6. The van der Waals surface area contributed by atoms with Crippen molar-refractivity contribution in [2.24, 2.45) is 11.5 Å². The minimum Gasteiger partial charge on any atom is -0.327 e. The number of benzene rings is 2. The van der Waals surface area contributed by atoms with Gasteiger partial charge >= 0.3 is 0 Å². The van der Waals surface area contributed by atoms with Gasteiger partial charge in [-0.1, -0.05) is 48.5 Å². The molecular formula is C20H26N2. The Morgan fingerprint density at radius 3 is 2.18 bits per heavy atom. The summed E-state index contributed by atoms with van der Waals surface area (Å²) in [6.07, 6.45) is 6.99. The maximum absolute atomic E-state index is 5.95. The number of fused-ring (bicyclic) bond motifs is 2. The summed E-state index contributed by atoms with van der Waals surface area (Å²) in [6.45, 7) is 0. The standard InChI is InChI=1S/2C10H13N/c11-10-7-3-5-8-4-1-2-6-9(8)10;11-10-6-5-8-3-1-2-4-9(8)7-10/h1-2,4,6,10H,3,5,7,11H2;1-4,10H,5-7,11H2. The van der Waals surface area contributed by atoms with Gasteiger partial charge in [-0.3, -0.25) is 0 Å². The number of aryl methyl sites for hydroxylation is 2. The molecule has 0 saturated carbocycles. The third kappa shape index (κ3) is 3.57. The van der Waals surface area contributed by atoms with Gasteiger partial charge in [0, 0.05) is 12.1 Å². The lowest BCUT2D eigenvalue weighted by atomic mass is 9.88. The van der Waals surface area contributed by atoms with Crippen LogP contribution in [-0.4, -0.2) is 6.04 Å². The molecule has 0 saturated heterocycles. The lowest BCUT2D eigenvalue weighted by Crippen LogP contribution is -2.27. The molecule has 2 unspecified atom stereocenters. The smallest absolute Gasteiger partial charge is 0.0297 e. The van der Waals surface area contributed by atoms with Crippen molar-refractivity contribution >= 4 is 0 Å². The highest BCUT2D eigenvalue weighted by atomic mass is 14.6. The molecule has 0 radical (unpaired) electrons. The average Bonchev–Trinajstić information content (AvgIpc) is 2.56. The van der Waals surface area contributed by atoms with Crippen molar-refractivity contribution in [3.63, 3.8) is 0 Å². The highest BCUT2D eigenvalue weighted by Crippen LogP contribution is 2.27. The van der Waals surface area contributed by atoms with Gasteiger partial charge in [0.15, 0.2) is 0 Å². The Morgan fingerprint density at radius 2 is 1.41 bits per heavy atom. The summed E-state index contributed by atoms with van der Waals surface area (Å²) in [5, 5.41) is 0. The van der Waals surface area contributed by atoms with E-state index in [1.807, 2.05) is 0 Å². The molecule has 2 atom stereocenters. The highest BCUT2D eigenvalue weighted by molar-refractivity contribution is 5.32. The topological polar surface area (TPSA) is 52.0 Å². The second-order valence-electron chi connectivity index (χ2n) is 6.47. The van der Waals surface area contributed by atoms with E-state index in [9.17, 15) is 0 Å². The van der Waals surface area contributed by atoms with E-state index in [0.717, 1.165) is 25.7 Å². The maximum Gasteiger partial charge on any atom is 0.0297 e. The Morgan fingerprint density at radius 1 is 0.727 bits per heavy atom. The van der Waals surface area contributed by atoms with Crippen molar-refractivity contribution < 1.29 is 0 Å². The third-order valence-electron chi connectivity index (χ3n) is 4.80. The second-order valence-corrected chi connectivity index (χ2v) is 6.47. The van der Waals surface area contributed by atoms with Crippen LogP contribution in [0.15, 0.2) is 48.5 Å². The molecule has 2 heteroatoms. The van der Waals surface area contributed by atoms with Crippen LogP contribution in [-0.2, 0) is 19.3 Å². The third-order valence-corrected chi connectivity index (χ3v) is 4.80. The molecule has 2 aromatic carbocycles. The van der Waals surface area contributed by atoms with Crippen LogP contribution < -0.4 is 11.5 Å². The molecule has 0 amide bonds.